The van der Waals surface area contributed by atoms with E-state index in [1.807, 2.05) is 12.3 Å². The van der Waals surface area contributed by atoms with Crippen LogP contribution in [-0.4, -0.2) is 0 Å². The predicted molar refractivity (Wildman–Crippen MR) is 96.6 cm³/mol. The van der Waals surface area contributed by atoms with Crippen LogP contribution >= 0.6 is 11.6 Å². The van der Waals surface area contributed by atoms with Gasteiger partial charge < -0.3 is 9.73 Å². The summed E-state index contributed by atoms with van der Waals surface area (Å²) in [5.74, 6) is 0.429. The molecular weight excluding hydrogens is 318 g/mol. The Bertz CT molecular complexity index is 917. The number of rotatable bonds is 1. The molecule has 0 spiro atoms. The summed E-state index contributed by atoms with van der Waals surface area (Å²) < 4.78 is 5.37. The Kier molecular flexibility index (Phi) is 2.90. The van der Waals surface area contributed by atoms with Gasteiger partial charge in [-0.15, -0.1) is 0 Å². The van der Waals surface area contributed by atoms with E-state index in [2.05, 4.69) is 54.7 Å². The molecule has 2 heterocycles. The summed E-state index contributed by atoms with van der Waals surface area (Å²) in [5, 5.41) is 4.53. The van der Waals surface area contributed by atoms with Gasteiger partial charge in [0.05, 0.1) is 18.6 Å². The van der Waals surface area contributed by atoms with Crippen LogP contribution in [0.2, 0.25) is 5.02 Å². The van der Waals surface area contributed by atoms with Gasteiger partial charge in [0.2, 0.25) is 0 Å². The topological polar surface area (TPSA) is 25.2 Å². The van der Waals surface area contributed by atoms with Crippen molar-refractivity contribution in [3.05, 3.63) is 88.3 Å². The zero-order valence-electron chi connectivity index (χ0n) is 13.4. The van der Waals surface area contributed by atoms with Crippen LogP contribution in [0.5, 0.6) is 0 Å². The molecule has 0 saturated carbocycles. The molecule has 5 rings (SSSR count). The predicted octanol–water partition coefficient (Wildman–Crippen LogP) is 5.58. The lowest BCUT2D eigenvalue weighted by Gasteiger charge is -2.44. The minimum atomic E-state index is -0.0516. The van der Waals surface area contributed by atoms with Crippen molar-refractivity contribution >= 4 is 17.3 Å². The molecule has 3 heteroatoms. The fourth-order valence-electron chi connectivity index (χ4n) is 4.75. The van der Waals surface area contributed by atoms with Gasteiger partial charge in [-0.3, -0.25) is 0 Å². The number of anilines is 1. The molecule has 2 aromatic carbocycles. The van der Waals surface area contributed by atoms with Crippen molar-refractivity contribution in [2.24, 2.45) is 5.92 Å². The highest BCUT2D eigenvalue weighted by Gasteiger charge is 2.51. The fourth-order valence-corrected chi connectivity index (χ4v) is 4.92. The Morgan fingerprint density at radius 1 is 1.12 bits per heavy atom. The van der Waals surface area contributed by atoms with Crippen molar-refractivity contribution in [3.8, 4) is 0 Å². The molecule has 24 heavy (non-hydrogen) atoms. The summed E-state index contributed by atoms with van der Waals surface area (Å²) in [4.78, 5) is 0. The molecule has 0 radical (unpaired) electrons. The first-order valence-corrected chi connectivity index (χ1v) is 8.73. The van der Waals surface area contributed by atoms with Gasteiger partial charge in [-0.25, -0.2) is 0 Å². The van der Waals surface area contributed by atoms with Crippen molar-refractivity contribution < 1.29 is 4.42 Å². The molecule has 2 aliphatic rings. The quantitative estimate of drug-likeness (QED) is 0.628. The Hall–Kier alpha value is -2.19. The highest BCUT2D eigenvalue weighted by molar-refractivity contribution is 6.30. The summed E-state index contributed by atoms with van der Waals surface area (Å²) in [7, 11) is 0. The van der Waals surface area contributed by atoms with Crippen molar-refractivity contribution in [2.45, 2.75) is 24.8 Å². The van der Waals surface area contributed by atoms with Gasteiger partial charge in [0.25, 0.3) is 0 Å². The third-order valence-electron chi connectivity index (χ3n) is 5.92. The van der Waals surface area contributed by atoms with Gasteiger partial charge in [0.1, 0.15) is 0 Å². The SMILES string of the molecule is C[C@@]12c3ccccc3C[C@@H]1[C@H](c1ccoc1)Nc1ccc(Cl)cc12. The first kappa shape index (κ1) is 14.2. The lowest BCUT2D eigenvalue weighted by Crippen LogP contribution is -2.41. The van der Waals surface area contributed by atoms with Crippen molar-refractivity contribution in [1.82, 2.24) is 0 Å². The van der Waals surface area contributed by atoms with Crippen molar-refractivity contribution in [3.63, 3.8) is 0 Å². The normalized spacial score (nSPS) is 27.1. The Morgan fingerprint density at radius 3 is 2.83 bits per heavy atom. The summed E-state index contributed by atoms with van der Waals surface area (Å²) in [6, 6.07) is 17.3. The van der Waals surface area contributed by atoms with Crippen LogP contribution < -0.4 is 5.32 Å². The second-order valence-corrected chi connectivity index (χ2v) is 7.48. The van der Waals surface area contributed by atoms with Crippen molar-refractivity contribution in [1.29, 1.82) is 0 Å². The minimum absolute atomic E-state index is 0.0516. The van der Waals surface area contributed by atoms with E-state index in [4.69, 9.17) is 16.0 Å². The standard InChI is InChI=1S/C21H18ClNO/c1-21-16-5-3-2-4-13(16)10-18(21)20(14-8-9-24-12-14)23-19-7-6-15(22)11-17(19)21/h2-9,11-12,18,20,23H,10H2,1H3/t18-,20+,21+/m1/s1. The van der Waals surface area contributed by atoms with Gasteiger partial charge in [-0.05, 0) is 47.4 Å². The second kappa shape index (κ2) is 4.90. The van der Waals surface area contributed by atoms with Crippen molar-refractivity contribution in [2.75, 3.05) is 5.32 Å². The molecule has 3 atom stereocenters. The number of hydrogen-bond acceptors (Lipinski definition) is 2. The van der Waals surface area contributed by atoms with E-state index in [0.717, 1.165) is 11.4 Å². The van der Waals surface area contributed by atoms with Crippen LogP contribution in [0.4, 0.5) is 5.69 Å². The number of nitrogens with one attached hydrogen (secondary N) is 1. The summed E-state index contributed by atoms with van der Waals surface area (Å²) >= 11 is 6.35. The van der Waals surface area contributed by atoms with E-state index >= 15 is 0 Å². The maximum absolute atomic E-state index is 6.35. The van der Waals surface area contributed by atoms with Crippen LogP contribution in [0, 0.1) is 5.92 Å². The molecule has 1 N–H and O–H groups in total. The zero-order chi connectivity index (χ0) is 16.3. The van der Waals surface area contributed by atoms with E-state index in [1.165, 1.54) is 27.9 Å². The molecular formula is C21H18ClNO. The van der Waals surface area contributed by atoms with Crippen LogP contribution in [0.25, 0.3) is 0 Å². The van der Waals surface area contributed by atoms with Crippen LogP contribution in [0.1, 0.15) is 35.2 Å². The number of fused-ring (bicyclic) bond motifs is 5. The summed E-state index contributed by atoms with van der Waals surface area (Å²) in [6.07, 6.45) is 4.68. The van der Waals surface area contributed by atoms with E-state index < -0.39 is 0 Å². The van der Waals surface area contributed by atoms with Crippen LogP contribution in [-0.2, 0) is 11.8 Å². The van der Waals surface area contributed by atoms with Gasteiger partial charge in [0, 0.05) is 27.6 Å². The van der Waals surface area contributed by atoms with E-state index in [1.54, 1.807) is 6.26 Å². The largest absolute Gasteiger partial charge is 0.472 e. The lowest BCUT2D eigenvalue weighted by atomic mass is 9.65. The molecule has 2 nitrogen and oxygen atoms in total. The Balaban J connectivity index is 1.78. The molecule has 1 aliphatic heterocycles. The maximum atomic E-state index is 6.35. The first-order chi connectivity index (χ1) is 11.7. The monoisotopic (exact) mass is 335 g/mol. The van der Waals surface area contributed by atoms with E-state index in [0.29, 0.717) is 5.92 Å². The molecule has 1 aromatic heterocycles. The highest BCUT2D eigenvalue weighted by Crippen LogP contribution is 2.57. The Morgan fingerprint density at radius 2 is 2.00 bits per heavy atom. The zero-order valence-corrected chi connectivity index (χ0v) is 14.2. The van der Waals surface area contributed by atoms with Crippen LogP contribution in [0.3, 0.4) is 0 Å². The first-order valence-electron chi connectivity index (χ1n) is 8.35. The van der Waals surface area contributed by atoms with Gasteiger partial charge in [0.15, 0.2) is 0 Å². The summed E-state index contributed by atoms with van der Waals surface area (Å²) in [5.41, 5.74) is 6.48. The lowest BCUT2D eigenvalue weighted by molar-refractivity contribution is 0.318. The van der Waals surface area contributed by atoms with Gasteiger partial charge in [-0.1, -0.05) is 42.8 Å². The molecule has 0 saturated heterocycles. The van der Waals surface area contributed by atoms with Gasteiger partial charge in [-0.2, -0.15) is 0 Å². The molecule has 0 bridgehead atoms. The number of benzene rings is 2. The molecule has 0 unspecified atom stereocenters. The average Bonchev–Trinajstić information content (AvgIpc) is 3.22. The smallest absolute Gasteiger partial charge is 0.0955 e. The maximum Gasteiger partial charge on any atom is 0.0955 e. The average molecular weight is 336 g/mol. The molecule has 3 aromatic rings. The molecule has 0 fully saturated rings. The summed E-state index contributed by atoms with van der Waals surface area (Å²) in [6.45, 7) is 2.37. The minimum Gasteiger partial charge on any atom is -0.472 e. The molecule has 1 aliphatic carbocycles. The number of hydrogen-bond donors (Lipinski definition) is 1. The Labute approximate surface area is 146 Å². The van der Waals surface area contributed by atoms with E-state index in [-0.39, 0.29) is 11.5 Å². The third-order valence-corrected chi connectivity index (χ3v) is 6.15. The third kappa shape index (κ3) is 1.78. The second-order valence-electron chi connectivity index (χ2n) is 7.04. The van der Waals surface area contributed by atoms with Crippen LogP contribution in [0.15, 0.2) is 65.5 Å². The fraction of sp³-hybridized carbons (Fsp3) is 0.238. The highest BCUT2D eigenvalue weighted by atomic mass is 35.5. The van der Waals surface area contributed by atoms with Gasteiger partial charge >= 0.3 is 0 Å². The van der Waals surface area contributed by atoms with E-state index in [9.17, 15) is 0 Å². The molecule has 0 amide bonds. The number of furan rings is 1. The number of halogens is 1. The molecule has 120 valence electrons.